The highest BCUT2D eigenvalue weighted by atomic mass is 16.5. The summed E-state index contributed by atoms with van der Waals surface area (Å²) in [5.41, 5.74) is 2.18. The van der Waals surface area contributed by atoms with Gasteiger partial charge in [0.15, 0.2) is 0 Å². The summed E-state index contributed by atoms with van der Waals surface area (Å²) < 4.78 is 7.13. The van der Waals surface area contributed by atoms with Gasteiger partial charge in [0.1, 0.15) is 17.7 Å². The number of aliphatic hydroxyl groups is 1. The number of rotatable bonds is 4. The van der Waals surface area contributed by atoms with Crippen LogP contribution in [0.5, 0.6) is 0 Å². The zero-order valence-electron chi connectivity index (χ0n) is 13.5. The van der Waals surface area contributed by atoms with Crippen molar-refractivity contribution in [1.29, 1.82) is 0 Å². The van der Waals surface area contributed by atoms with Crippen LogP contribution < -0.4 is 0 Å². The summed E-state index contributed by atoms with van der Waals surface area (Å²) in [5, 5.41) is 14.5. The largest absolute Gasteiger partial charge is 0.385 e. The van der Waals surface area contributed by atoms with Gasteiger partial charge in [0.05, 0.1) is 5.69 Å². The van der Waals surface area contributed by atoms with Crippen LogP contribution >= 0.6 is 0 Å². The Morgan fingerprint density at radius 1 is 1.36 bits per heavy atom. The fraction of sp³-hybridized carbons (Fsp3) is 0.625. The van der Waals surface area contributed by atoms with Gasteiger partial charge < -0.3 is 14.2 Å². The van der Waals surface area contributed by atoms with Crippen LogP contribution in [0.4, 0.5) is 0 Å². The number of nitrogens with zero attached hydrogens (tertiary/aromatic N) is 4. The van der Waals surface area contributed by atoms with Crippen LogP contribution in [0.2, 0.25) is 0 Å². The number of aliphatic hydroxyl groups excluding tert-OH is 1. The van der Waals surface area contributed by atoms with Gasteiger partial charge in [0, 0.05) is 31.5 Å². The lowest BCUT2D eigenvalue weighted by Crippen LogP contribution is -2.35. The van der Waals surface area contributed by atoms with E-state index in [9.17, 15) is 5.11 Å². The first kappa shape index (κ1) is 15.2. The molecule has 0 radical (unpaired) electrons. The Balaban J connectivity index is 1.58. The molecule has 0 spiro atoms. The molecular formula is C16H24N4O2. The van der Waals surface area contributed by atoms with Crippen LogP contribution in [0, 0.1) is 19.8 Å². The smallest absolute Gasteiger partial charge is 0.138 e. The molecule has 22 heavy (non-hydrogen) atoms. The average molecular weight is 304 g/mol. The van der Waals surface area contributed by atoms with Crippen LogP contribution in [0.3, 0.4) is 0 Å². The fourth-order valence-electron chi connectivity index (χ4n) is 3.25. The van der Waals surface area contributed by atoms with Crippen molar-refractivity contribution in [2.45, 2.75) is 39.3 Å². The molecule has 1 N–H and O–H groups in total. The minimum absolute atomic E-state index is 0.280. The highest BCUT2D eigenvalue weighted by molar-refractivity contribution is 5.20. The quantitative estimate of drug-likeness (QED) is 0.935. The molecule has 6 nitrogen and oxygen atoms in total. The van der Waals surface area contributed by atoms with Crippen molar-refractivity contribution < 1.29 is 9.63 Å². The first-order chi connectivity index (χ1) is 10.6. The molecule has 2 aromatic heterocycles. The molecule has 0 saturated carbocycles. The molecule has 6 heteroatoms. The van der Waals surface area contributed by atoms with E-state index in [0.717, 1.165) is 49.8 Å². The zero-order valence-corrected chi connectivity index (χ0v) is 13.5. The number of piperidine rings is 1. The highest BCUT2D eigenvalue weighted by Gasteiger charge is 2.29. The Bertz CT molecular complexity index is 606. The molecule has 0 aromatic carbocycles. The number of aryl methyl sites for hydroxylation is 3. The molecule has 1 unspecified atom stereocenters. The molecule has 1 atom stereocenters. The van der Waals surface area contributed by atoms with E-state index in [1.165, 1.54) is 5.56 Å². The van der Waals surface area contributed by atoms with Crippen LogP contribution in [-0.2, 0) is 13.6 Å². The van der Waals surface area contributed by atoms with E-state index in [4.69, 9.17) is 4.52 Å². The molecule has 3 heterocycles. The minimum Gasteiger partial charge on any atom is -0.385 e. The number of imidazole rings is 1. The Labute approximate surface area is 130 Å². The Morgan fingerprint density at radius 3 is 2.64 bits per heavy atom. The van der Waals surface area contributed by atoms with E-state index < -0.39 is 6.10 Å². The summed E-state index contributed by atoms with van der Waals surface area (Å²) in [4.78, 5) is 6.68. The summed E-state index contributed by atoms with van der Waals surface area (Å²) in [5.74, 6) is 1.96. The Hall–Kier alpha value is -1.66. The van der Waals surface area contributed by atoms with E-state index in [-0.39, 0.29) is 5.92 Å². The molecule has 3 rings (SSSR count). The second kappa shape index (κ2) is 6.22. The lowest BCUT2D eigenvalue weighted by molar-refractivity contribution is 0.0490. The molecule has 0 aliphatic carbocycles. The summed E-state index contributed by atoms with van der Waals surface area (Å²) in [6.45, 7) is 6.80. The molecular weight excluding hydrogens is 280 g/mol. The number of hydrogen-bond donors (Lipinski definition) is 1. The van der Waals surface area contributed by atoms with Gasteiger partial charge in [0.2, 0.25) is 0 Å². The monoisotopic (exact) mass is 304 g/mol. The van der Waals surface area contributed by atoms with Crippen molar-refractivity contribution in [2.24, 2.45) is 13.0 Å². The predicted molar refractivity (Wildman–Crippen MR) is 82.1 cm³/mol. The third-order valence-electron chi connectivity index (χ3n) is 4.76. The summed E-state index contributed by atoms with van der Waals surface area (Å²) >= 11 is 0. The lowest BCUT2D eigenvalue weighted by atomic mass is 9.90. The predicted octanol–water partition coefficient (Wildman–Crippen LogP) is 1.97. The maximum absolute atomic E-state index is 10.5. The molecule has 1 aliphatic heterocycles. The van der Waals surface area contributed by atoms with Gasteiger partial charge in [-0.2, -0.15) is 0 Å². The molecule has 2 aromatic rings. The van der Waals surface area contributed by atoms with Crippen molar-refractivity contribution in [3.63, 3.8) is 0 Å². The SMILES string of the molecule is Cc1noc(C)c1CN1CCC(C(O)c2nccn2C)CC1. The molecule has 1 saturated heterocycles. The van der Waals surface area contributed by atoms with E-state index >= 15 is 0 Å². The van der Waals surface area contributed by atoms with Crippen LogP contribution in [0.25, 0.3) is 0 Å². The first-order valence-electron chi connectivity index (χ1n) is 7.85. The third kappa shape index (κ3) is 2.94. The van der Waals surface area contributed by atoms with Gasteiger partial charge >= 0.3 is 0 Å². The number of hydrogen-bond acceptors (Lipinski definition) is 5. The second-order valence-electron chi connectivity index (χ2n) is 6.26. The van der Waals surface area contributed by atoms with E-state index in [1.807, 2.05) is 31.7 Å². The van der Waals surface area contributed by atoms with Gasteiger partial charge in [-0.05, 0) is 45.7 Å². The second-order valence-corrected chi connectivity index (χ2v) is 6.26. The van der Waals surface area contributed by atoms with Crippen molar-refractivity contribution >= 4 is 0 Å². The molecule has 0 amide bonds. The van der Waals surface area contributed by atoms with Crippen molar-refractivity contribution in [3.05, 3.63) is 35.2 Å². The molecule has 1 fully saturated rings. The maximum Gasteiger partial charge on any atom is 0.138 e. The topological polar surface area (TPSA) is 67.3 Å². The Morgan fingerprint density at radius 2 is 2.09 bits per heavy atom. The van der Waals surface area contributed by atoms with E-state index in [1.54, 1.807) is 6.20 Å². The van der Waals surface area contributed by atoms with E-state index in [2.05, 4.69) is 15.0 Å². The summed E-state index contributed by atoms with van der Waals surface area (Å²) in [7, 11) is 1.93. The van der Waals surface area contributed by atoms with Gasteiger partial charge in [-0.1, -0.05) is 5.16 Å². The minimum atomic E-state index is -0.471. The third-order valence-corrected chi connectivity index (χ3v) is 4.76. The van der Waals surface area contributed by atoms with Crippen LogP contribution in [0.15, 0.2) is 16.9 Å². The van der Waals surface area contributed by atoms with Crippen LogP contribution in [0.1, 0.15) is 41.8 Å². The molecule has 1 aliphatic rings. The summed E-state index contributed by atoms with van der Waals surface area (Å²) in [6, 6.07) is 0. The normalized spacial score (nSPS) is 18.7. The van der Waals surface area contributed by atoms with Gasteiger partial charge in [-0.3, -0.25) is 4.90 Å². The van der Waals surface area contributed by atoms with Gasteiger partial charge in [-0.25, -0.2) is 4.98 Å². The fourth-order valence-corrected chi connectivity index (χ4v) is 3.25. The zero-order chi connectivity index (χ0) is 15.7. The van der Waals surface area contributed by atoms with Crippen molar-refractivity contribution in [3.8, 4) is 0 Å². The molecule has 0 bridgehead atoms. The lowest BCUT2D eigenvalue weighted by Gasteiger charge is -2.33. The maximum atomic E-state index is 10.5. The Kier molecular flexibility index (Phi) is 4.31. The average Bonchev–Trinajstić information content (AvgIpc) is 3.08. The van der Waals surface area contributed by atoms with Crippen molar-refractivity contribution in [2.75, 3.05) is 13.1 Å². The standard InChI is InChI=1S/C16H24N4O2/c1-11-14(12(2)22-18-11)10-20-7-4-13(5-8-20)15(21)16-17-6-9-19(16)3/h6,9,13,15,21H,4-5,7-8,10H2,1-3H3. The van der Waals surface area contributed by atoms with E-state index in [0.29, 0.717) is 0 Å². The number of likely N-dealkylation sites (tertiary alicyclic amines) is 1. The summed E-state index contributed by atoms with van der Waals surface area (Å²) in [6.07, 6.45) is 5.12. The highest BCUT2D eigenvalue weighted by Crippen LogP contribution is 2.30. The number of aromatic nitrogens is 3. The van der Waals surface area contributed by atoms with Gasteiger partial charge in [0.25, 0.3) is 0 Å². The van der Waals surface area contributed by atoms with Crippen LogP contribution in [-0.4, -0.2) is 37.8 Å². The molecule has 120 valence electrons. The van der Waals surface area contributed by atoms with Gasteiger partial charge in [-0.15, -0.1) is 0 Å². The van der Waals surface area contributed by atoms with Crippen molar-refractivity contribution in [1.82, 2.24) is 19.6 Å². The first-order valence-corrected chi connectivity index (χ1v) is 7.85.